The number of benzene rings is 2. The SMILES string of the molecule is Cc1ccc2sc(N(CCN(C)C)C(=O)CCS(=O)(=O)c3ccc(Cl)cc3)nc2c1C.Cl. The molecule has 0 saturated heterocycles. The molecule has 0 fully saturated rings. The van der Waals surface area contributed by atoms with E-state index >= 15 is 0 Å². The first kappa shape index (κ1) is 26.5. The highest BCUT2D eigenvalue weighted by atomic mass is 35.5. The predicted molar refractivity (Wildman–Crippen MR) is 135 cm³/mol. The van der Waals surface area contributed by atoms with Crippen LogP contribution in [0.25, 0.3) is 10.2 Å². The van der Waals surface area contributed by atoms with E-state index in [-0.39, 0.29) is 35.4 Å². The molecule has 0 unspecified atom stereocenters. The van der Waals surface area contributed by atoms with E-state index in [0.717, 1.165) is 21.3 Å². The maximum Gasteiger partial charge on any atom is 0.229 e. The van der Waals surface area contributed by atoms with Crippen molar-refractivity contribution in [3.8, 4) is 0 Å². The maximum absolute atomic E-state index is 13.1. The highest BCUT2D eigenvalue weighted by Gasteiger charge is 2.23. The minimum absolute atomic E-state index is 0. The number of rotatable bonds is 8. The molecule has 10 heteroatoms. The first-order chi connectivity index (χ1) is 14.6. The van der Waals surface area contributed by atoms with Gasteiger partial charge in [0.25, 0.3) is 0 Å². The van der Waals surface area contributed by atoms with Gasteiger partial charge in [0.2, 0.25) is 5.91 Å². The maximum atomic E-state index is 13.1. The fraction of sp³-hybridized carbons (Fsp3) is 0.364. The fourth-order valence-electron chi connectivity index (χ4n) is 3.07. The van der Waals surface area contributed by atoms with E-state index in [1.807, 2.05) is 45.0 Å². The molecule has 3 rings (SSSR count). The first-order valence-corrected chi connectivity index (χ1v) is 12.7. The van der Waals surface area contributed by atoms with Crippen LogP contribution in [0.15, 0.2) is 41.3 Å². The fourth-order valence-corrected chi connectivity index (χ4v) is 5.50. The number of fused-ring (bicyclic) bond motifs is 1. The van der Waals surface area contributed by atoms with Crippen molar-refractivity contribution in [1.82, 2.24) is 9.88 Å². The van der Waals surface area contributed by atoms with E-state index in [4.69, 9.17) is 16.6 Å². The molecule has 0 atom stereocenters. The quantitative estimate of drug-likeness (QED) is 0.432. The van der Waals surface area contributed by atoms with Crippen molar-refractivity contribution in [2.24, 2.45) is 0 Å². The Balaban J connectivity index is 0.00000363. The molecule has 0 spiro atoms. The molecule has 6 nitrogen and oxygen atoms in total. The highest BCUT2D eigenvalue weighted by molar-refractivity contribution is 7.91. The summed E-state index contributed by atoms with van der Waals surface area (Å²) in [5.41, 5.74) is 3.12. The number of aromatic nitrogens is 1. The van der Waals surface area contributed by atoms with Crippen LogP contribution in [-0.2, 0) is 14.6 Å². The number of nitrogens with zero attached hydrogens (tertiary/aromatic N) is 3. The van der Waals surface area contributed by atoms with Crippen LogP contribution in [-0.4, -0.2) is 57.1 Å². The molecular weight excluding hydrogens is 489 g/mol. The van der Waals surface area contributed by atoms with E-state index in [1.165, 1.54) is 35.6 Å². The number of carbonyl (C=O) groups excluding carboxylic acids is 1. The number of likely N-dealkylation sites (N-methyl/N-ethyl adjacent to an activating group) is 1. The lowest BCUT2D eigenvalue weighted by Gasteiger charge is -2.22. The molecular formula is C22H27Cl2N3O3S2. The lowest BCUT2D eigenvalue weighted by molar-refractivity contribution is -0.118. The lowest BCUT2D eigenvalue weighted by Crippen LogP contribution is -2.37. The molecule has 0 aliphatic heterocycles. The molecule has 0 bridgehead atoms. The second kappa shape index (κ2) is 10.9. The normalized spacial score (nSPS) is 11.6. The Morgan fingerprint density at radius 3 is 2.34 bits per heavy atom. The van der Waals surface area contributed by atoms with Crippen LogP contribution in [0.4, 0.5) is 5.13 Å². The van der Waals surface area contributed by atoms with Gasteiger partial charge in [-0.1, -0.05) is 29.0 Å². The van der Waals surface area contributed by atoms with Gasteiger partial charge in [0.1, 0.15) is 0 Å². The van der Waals surface area contributed by atoms with Crippen LogP contribution in [0, 0.1) is 13.8 Å². The smallest absolute Gasteiger partial charge is 0.229 e. The molecule has 32 heavy (non-hydrogen) atoms. The van der Waals surface area contributed by atoms with Crippen molar-refractivity contribution in [2.75, 3.05) is 37.8 Å². The summed E-state index contributed by atoms with van der Waals surface area (Å²) < 4.78 is 26.3. The summed E-state index contributed by atoms with van der Waals surface area (Å²) in [4.78, 5) is 21.6. The number of carbonyl (C=O) groups is 1. The largest absolute Gasteiger partial charge is 0.308 e. The summed E-state index contributed by atoms with van der Waals surface area (Å²) >= 11 is 7.30. The zero-order chi connectivity index (χ0) is 22.8. The summed E-state index contributed by atoms with van der Waals surface area (Å²) in [6, 6.07) is 10.0. The Hall–Kier alpha value is -1.71. The van der Waals surface area contributed by atoms with Crippen LogP contribution in [0.5, 0.6) is 0 Å². The molecule has 0 radical (unpaired) electrons. The summed E-state index contributed by atoms with van der Waals surface area (Å²) in [6.45, 7) is 5.13. The van der Waals surface area contributed by atoms with Gasteiger partial charge in [0.05, 0.1) is 20.9 Å². The number of sulfone groups is 1. The molecule has 0 aliphatic rings. The number of amides is 1. The number of hydrogen-bond donors (Lipinski definition) is 0. The predicted octanol–water partition coefficient (Wildman–Crippen LogP) is 4.75. The van der Waals surface area contributed by atoms with E-state index in [0.29, 0.717) is 23.2 Å². The summed E-state index contributed by atoms with van der Waals surface area (Å²) in [5, 5.41) is 1.06. The van der Waals surface area contributed by atoms with Crippen molar-refractivity contribution >= 4 is 66.4 Å². The molecule has 174 valence electrons. The van der Waals surface area contributed by atoms with Gasteiger partial charge < -0.3 is 4.90 Å². The van der Waals surface area contributed by atoms with Gasteiger partial charge in [0.15, 0.2) is 15.0 Å². The highest BCUT2D eigenvalue weighted by Crippen LogP contribution is 2.32. The number of halogens is 2. The zero-order valence-corrected chi connectivity index (χ0v) is 21.7. The third-order valence-corrected chi connectivity index (χ3v) is 8.16. The first-order valence-electron chi connectivity index (χ1n) is 9.88. The second-order valence-corrected chi connectivity index (χ2v) is 11.3. The average molecular weight is 517 g/mol. The number of thiazole rings is 1. The summed E-state index contributed by atoms with van der Waals surface area (Å²) in [6.07, 6.45) is -0.119. The van der Waals surface area contributed by atoms with Crippen molar-refractivity contribution in [1.29, 1.82) is 0 Å². The van der Waals surface area contributed by atoms with Crippen LogP contribution in [0.3, 0.4) is 0 Å². The van der Waals surface area contributed by atoms with Gasteiger partial charge in [-0.15, -0.1) is 12.4 Å². The van der Waals surface area contributed by atoms with Gasteiger partial charge in [-0.3, -0.25) is 9.69 Å². The van der Waals surface area contributed by atoms with Crippen LogP contribution >= 0.6 is 35.3 Å². The van der Waals surface area contributed by atoms with Crippen LogP contribution in [0.1, 0.15) is 17.5 Å². The molecule has 0 aliphatic carbocycles. The van der Waals surface area contributed by atoms with E-state index in [9.17, 15) is 13.2 Å². The topological polar surface area (TPSA) is 70.6 Å². The van der Waals surface area contributed by atoms with Gasteiger partial charge >= 0.3 is 0 Å². The Labute approximate surface area is 204 Å². The van der Waals surface area contributed by atoms with E-state index in [1.54, 1.807) is 4.90 Å². The van der Waals surface area contributed by atoms with Crippen molar-refractivity contribution in [3.63, 3.8) is 0 Å². The van der Waals surface area contributed by atoms with Crippen LogP contribution in [0.2, 0.25) is 5.02 Å². The summed E-state index contributed by atoms with van der Waals surface area (Å²) in [7, 11) is 0.271. The Morgan fingerprint density at radius 1 is 1.06 bits per heavy atom. The van der Waals surface area contributed by atoms with Gasteiger partial charge in [0, 0.05) is 24.5 Å². The standard InChI is InChI=1S/C22H26ClN3O3S2.ClH/c1-15-5-10-19-21(16(15)2)24-22(30-19)26(13-12-25(3)4)20(27)11-14-31(28,29)18-8-6-17(23)7-9-18;/h5-10H,11-14H2,1-4H3;1H. The van der Waals surface area contributed by atoms with Crippen molar-refractivity contribution in [2.45, 2.75) is 25.2 Å². The molecule has 0 saturated carbocycles. The molecule has 1 amide bonds. The third kappa shape index (κ3) is 6.20. The van der Waals surface area contributed by atoms with Gasteiger partial charge in [-0.25, -0.2) is 13.4 Å². The molecule has 3 aromatic rings. The average Bonchev–Trinajstić information content (AvgIpc) is 3.14. The Kier molecular flexibility index (Phi) is 9.07. The monoisotopic (exact) mass is 515 g/mol. The summed E-state index contributed by atoms with van der Waals surface area (Å²) in [5.74, 6) is -0.526. The minimum Gasteiger partial charge on any atom is -0.308 e. The number of anilines is 1. The molecule has 1 heterocycles. The third-order valence-electron chi connectivity index (χ3n) is 5.13. The van der Waals surface area contributed by atoms with Crippen LogP contribution < -0.4 is 4.90 Å². The second-order valence-electron chi connectivity index (χ2n) is 7.72. The minimum atomic E-state index is -3.59. The molecule has 2 aromatic carbocycles. The van der Waals surface area contributed by atoms with E-state index in [2.05, 4.69) is 0 Å². The Bertz CT molecular complexity index is 1190. The van der Waals surface area contributed by atoms with Crippen molar-refractivity contribution in [3.05, 3.63) is 52.5 Å². The zero-order valence-electron chi connectivity index (χ0n) is 18.5. The Morgan fingerprint density at radius 2 is 1.72 bits per heavy atom. The molecule has 1 aromatic heterocycles. The van der Waals surface area contributed by atoms with Gasteiger partial charge in [-0.2, -0.15) is 0 Å². The van der Waals surface area contributed by atoms with Crippen molar-refractivity contribution < 1.29 is 13.2 Å². The number of hydrogen-bond acceptors (Lipinski definition) is 6. The van der Waals surface area contributed by atoms with E-state index < -0.39 is 9.84 Å². The van der Waals surface area contributed by atoms with Gasteiger partial charge in [-0.05, 0) is 69.4 Å². The molecule has 0 N–H and O–H groups in total. The number of aryl methyl sites for hydroxylation is 2. The lowest BCUT2D eigenvalue weighted by atomic mass is 10.1.